The lowest BCUT2D eigenvalue weighted by Crippen LogP contribution is -2.42. The Morgan fingerprint density at radius 1 is 0.647 bits per heavy atom. The monoisotopic (exact) mass is 452 g/mol. The minimum atomic E-state index is -2.19. The smallest absolute Gasteiger partial charge is 0.326 e. The van der Waals surface area contributed by atoms with Crippen molar-refractivity contribution in [2.45, 2.75) is 17.9 Å². The van der Waals surface area contributed by atoms with Gasteiger partial charge in [0.05, 0.1) is 5.69 Å². The van der Waals surface area contributed by atoms with Crippen LogP contribution in [0.2, 0.25) is 0 Å². The summed E-state index contributed by atoms with van der Waals surface area (Å²) in [6, 6.07) is 34.3. The van der Waals surface area contributed by atoms with Gasteiger partial charge in [-0.05, 0) is 35.7 Å². The van der Waals surface area contributed by atoms with E-state index in [0.29, 0.717) is 5.82 Å². The molecule has 1 heterocycles. The van der Waals surface area contributed by atoms with E-state index in [1.165, 1.54) is 6.07 Å². The Kier molecular flexibility index (Phi) is 6.15. The summed E-state index contributed by atoms with van der Waals surface area (Å²) in [6.45, 7) is 1.14. The van der Waals surface area contributed by atoms with Crippen molar-refractivity contribution in [2.24, 2.45) is 0 Å². The highest BCUT2D eigenvalue weighted by Crippen LogP contribution is 2.40. The normalized spacial score (nSPS) is 11.6. The molecule has 0 aliphatic heterocycles. The molecular weight excluding hydrogens is 428 g/mol. The molecule has 4 aromatic rings. The van der Waals surface area contributed by atoms with Crippen LogP contribution in [0.3, 0.4) is 0 Å². The molecule has 0 spiro atoms. The van der Waals surface area contributed by atoms with Crippen molar-refractivity contribution in [3.8, 4) is 0 Å². The average molecular weight is 453 g/mol. The molecule has 0 saturated heterocycles. The predicted octanol–water partition coefficient (Wildman–Crippen LogP) is 4.91. The van der Waals surface area contributed by atoms with Crippen molar-refractivity contribution in [2.75, 3.05) is 5.32 Å². The largest absolute Gasteiger partial charge is 0.480 e. The maximum atomic E-state index is 11.9. The van der Waals surface area contributed by atoms with Gasteiger partial charge in [0.1, 0.15) is 11.4 Å². The molecule has 170 valence electrons. The van der Waals surface area contributed by atoms with Gasteiger partial charge < -0.3 is 15.5 Å². The Bertz CT molecular complexity index is 1180. The third kappa shape index (κ3) is 3.90. The van der Waals surface area contributed by atoms with E-state index < -0.39 is 22.9 Å². The highest BCUT2D eigenvalue weighted by Gasteiger charge is 2.45. The molecule has 0 fully saturated rings. The zero-order chi connectivity index (χ0) is 24.2. The van der Waals surface area contributed by atoms with Crippen LogP contribution in [0, 0.1) is 0 Å². The lowest BCUT2D eigenvalue weighted by Gasteiger charge is -2.37. The van der Waals surface area contributed by atoms with Crippen LogP contribution in [0.15, 0.2) is 109 Å². The molecule has 0 unspecified atom stereocenters. The third-order valence-corrected chi connectivity index (χ3v) is 6.05. The number of hydrogen-bond acceptors (Lipinski definition) is 4. The number of nitrogens with zero attached hydrogens (tertiary/aromatic N) is 1. The summed E-state index contributed by atoms with van der Waals surface area (Å²) >= 11 is 0. The molecule has 0 aliphatic rings. The van der Waals surface area contributed by atoms with Gasteiger partial charge in [0.15, 0.2) is 0 Å². The predicted molar refractivity (Wildman–Crippen MR) is 130 cm³/mol. The quantitative estimate of drug-likeness (QED) is 0.259. The summed E-state index contributed by atoms with van der Waals surface area (Å²) in [7, 11) is 0. The number of aromatic nitrogens is 1. The van der Waals surface area contributed by atoms with Crippen LogP contribution in [0.4, 0.5) is 5.82 Å². The molecule has 0 bridgehead atoms. The van der Waals surface area contributed by atoms with Crippen molar-refractivity contribution in [3.05, 3.63) is 132 Å². The van der Waals surface area contributed by atoms with E-state index in [0.717, 1.165) is 23.6 Å². The number of benzene rings is 3. The van der Waals surface area contributed by atoms with E-state index in [-0.39, 0.29) is 5.69 Å². The van der Waals surface area contributed by atoms with Crippen LogP contribution in [0.1, 0.15) is 29.3 Å². The molecule has 6 nitrogen and oxygen atoms in total. The van der Waals surface area contributed by atoms with Gasteiger partial charge in [-0.25, -0.2) is 4.98 Å². The summed E-state index contributed by atoms with van der Waals surface area (Å²) < 4.78 is 0. The highest BCUT2D eigenvalue weighted by atomic mass is 16.4. The second-order valence-corrected chi connectivity index (χ2v) is 8.12. The standard InChI is InChI=1S/C28H24N2O4/c1-27(25(31)32,26(33)34)23-18-11-19-24(29-23)30-28(20-12-5-2-6-13-20,21-14-7-3-8-15-21)22-16-9-4-10-17-22/h2-19H,1H3,(H,29,30)(H,31,32)(H,33,34). The minimum absolute atomic E-state index is 0.0689. The third-order valence-electron chi connectivity index (χ3n) is 6.05. The number of pyridine rings is 1. The first-order valence-corrected chi connectivity index (χ1v) is 10.8. The SMILES string of the molecule is CC(C(=O)O)(C(=O)O)c1cccc(NC(c2ccccc2)(c2ccccc2)c2ccccc2)n1. The minimum Gasteiger partial charge on any atom is -0.480 e. The van der Waals surface area contributed by atoms with Gasteiger partial charge in [-0.3, -0.25) is 9.59 Å². The summed E-state index contributed by atoms with van der Waals surface area (Å²) in [5.41, 5.74) is -0.303. The van der Waals surface area contributed by atoms with Gasteiger partial charge in [0.25, 0.3) is 0 Å². The van der Waals surface area contributed by atoms with Gasteiger partial charge in [-0.15, -0.1) is 0 Å². The summed E-state index contributed by atoms with van der Waals surface area (Å²) in [5, 5.41) is 22.9. The lowest BCUT2D eigenvalue weighted by atomic mass is 9.77. The lowest BCUT2D eigenvalue weighted by molar-refractivity contribution is -0.156. The number of anilines is 1. The van der Waals surface area contributed by atoms with Crippen LogP contribution >= 0.6 is 0 Å². The summed E-state index contributed by atoms with van der Waals surface area (Å²) in [6.07, 6.45) is 0. The highest BCUT2D eigenvalue weighted by molar-refractivity contribution is 6.03. The number of aliphatic carboxylic acids is 2. The number of carbonyl (C=O) groups is 2. The van der Waals surface area contributed by atoms with Crippen molar-refractivity contribution in [3.63, 3.8) is 0 Å². The van der Waals surface area contributed by atoms with Crippen molar-refractivity contribution in [1.29, 1.82) is 0 Å². The van der Waals surface area contributed by atoms with Crippen LogP contribution in [0.25, 0.3) is 0 Å². The van der Waals surface area contributed by atoms with E-state index in [1.807, 2.05) is 91.0 Å². The fraction of sp³-hybridized carbons (Fsp3) is 0.107. The number of carboxylic acids is 2. The molecule has 0 amide bonds. The topological polar surface area (TPSA) is 99.5 Å². The number of nitrogens with one attached hydrogen (secondary N) is 1. The maximum absolute atomic E-state index is 11.9. The Hall–Kier alpha value is -4.45. The molecule has 0 saturated carbocycles. The van der Waals surface area contributed by atoms with Crippen molar-refractivity contribution in [1.82, 2.24) is 4.98 Å². The second kappa shape index (κ2) is 9.19. The van der Waals surface area contributed by atoms with Gasteiger partial charge in [0, 0.05) is 0 Å². The molecule has 34 heavy (non-hydrogen) atoms. The van der Waals surface area contributed by atoms with Gasteiger partial charge in [-0.2, -0.15) is 0 Å². The van der Waals surface area contributed by atoms with E-state index in [1.54, 1.807) is 12.1 Å². The first kappa shape index (κ1) is 22.7. The first-order chi connectivity index (χ1) is 16.4. The molecule has 4 rings (SSSR count). The Morgan fingerprint density at radius 2 is 1.06 bits per heavy atom. The van der Waals surface area contributed by atoms with E-state index in [9.17, 15) is 19.8 Å². The molecular formula is C28H24N2O4. The van der Waals surface area contributed by atoms with Crippen LogP contribution in [-0.4, -0.2) is 27.1 Å². The van der Waals surface area contributed by atoms with Crippen LogP contribution in [0.5, 0.6) is 0 Å². The zero-order valence-electron chi connectivity index (χ0n) is 18.6. The molecule has 3 aromatic carbocycles. The Balaban J connectivity index is 1.95. The number of carboxylic acid groups (broad SMARTS) is 2. The average Bonchev–Trinajstić information content (AvgIpc) is 2.88. The molecule has 0 atom stereocenters. The fourth-order valence-electron chi connectivity index (χ4n) is 4.07. The van der Waals surface area contributed by atoms with Gasteiger partial charge in [0.2, 0.25) is 5.41 Å². The Morgan fingerprint density at radius 3 is 1.44 bits per heavy atom. The number of rotatable bonds is 8. The fourth-order valence-corrected chi connectivity index (χ4v) is 4.07. The van der Waals surface area contributed by atoms with Crippen LogP contribution in [-0.2, 0) is 20.5 Å². The molecule has 0 aliphatic carbocycles. The van der Waals surface area contributed by atoms with E-state index in [2.05, 4.69) is 10.3 Å². The second-order valence-electron chi connectivity index (χ2n) is 8.12. The van der Waals surface area contributed by atoms with Crippen molar-refractivity contribution >= 4 is 17.8 Å². The molecule has 0 radical (unpaired) electrons. The maximum Gasteiger partial charge on any atom is 0.326 e. The van der Waals surface area contributed by atoms with Crippen molar-refractivity contribution < 1.29 is 19.8 Å². The molecule has 6 heteroatoms. The molecule has 3 N–H and O–H groups in total. The van der Waals surface area contributed by atoms with E-state index in [4.69, 9.17) is 0 Å². The van der Waals surface area contributed by atoms with E-state index >= 15 is 0 Å². The first-order valence-electron chi connectivity index (χ1n) is 10.8. The Labute approximate surface area is 197 Å². The number of hydrogen-bond donors (Lipinski definition) is 3. The van der Waals surface area contributed by atoms with Gasteiger partial charge in [-0.1, -0.05) is 97.1 Å². The van der Waals surface area contributed by atoms with Gasteiger partial charge >= 0.3 is 11.9 Å². The summed E-state index contributed by atoms with van der Waals surface area (Å²) in [4.78, 5) is 28.2. The van der Waals surface area contributed by atoms with Crippen LogP contribution < -0.4 is 5.32 Å². The molecule has 1 aromatic heterocycles. The zero-order valence-corrected chi connectivity index (χ0v) is 18.6. The summed E-state index contributed by atoms with van der Waals surface area (Å²) in [5.74, 6) is -2.61.